The van der Waals surface area contributed by atoms with Crippen molar-refractivity contribution in [3.05, 3.63) is 131 Å². The topological polar surface area (TPSA) is 38.9 Å². The predicted octanol–water partition coefficient (Wildman–Crippen LogP) is 9.65. The van der Waals surface area contributed by atoms with Crippen molar-refractivity contribution in [2.75, 3.05) is 0 Å². The highest BCUT2D eigenvalue weighted by molar-refractivity contribution is 14.1. The molecule has 4 heteroatoms. The van der Waals surface area contributed by atoms with Crippen LogP contribution < -0.4 is 0 Å². The first-order valence-corrected chi connectivity index (χ1v) is 13.5. The van der Waals surface area contributed by atoms with E-state index in [1.807, 2.05) is 42.5 Å². The first kappa shape index (κ1) is 22.9. The SMILES string of the molecule is Ic1cc(-c2cc(-c3ccccc3)cc(-c3ccccc3)c2)nc(-c2ccc3oc4ccccc4c3c2)n1. The second-order valence-corrected chi connectivity index (χ2v) is 10.3. The van der Waals surface area contributed by atoms with Gasteiger partial charge in [-0.1, -0.05) is 78.9 Å². The lowest BCUT2D eigenvalue weighted by Crippen LogP contribution is -1.96. The normalized spacial score (nSPS) is 11.3. The molecule has 0 aliphatic rings. The smallest absolute Gasteiger partial charge is 0.160 e. The fraction of sp³-hybridized carbons (Fsp3) is 0. The van der Waals surface area contributed by atoms with Crippen molar-refractivity contribution >= 4 is 44.5 Å². The molecule has 0 saturated heterocycles. The van der Waals surface area contributed by atoms with Crippen LogP contribution in [0.2, 0.25) is 0 Å². The predicted molar refractivity (Wildman–Crippen MR) is 164 cm³/mol. The summed E-state index contributed by atoms with van der Waals surface area (Å²) in [6.07, 6.45) is 0. The Labute approximate surface area is 234 Å². The average molecular weight is 600 g/mol. The zero-order valence-electron chi connectivity index (χ0n) is 20.3. The van der Waals surface area contributed by atoms with E-state index in [-0.39, 0.29) is 0 Å². The zero-order valence-corrected chi connectivity index (χ0v) is 22.5. The number of fused-ring (bicyclic) bond motifs is 3. The molecular formula is C34H21IN2O. The molecule has 38 heavy (non-hydrogen) atoms. The second kappa shape index (κ2) is 9.54. The molecule has 0 saturated carbocycles. The molecule has 0 N–H and O–H groups in total. The molecule has 2 heterocycles. The molecule has 0 unspecified atom stereocenters. The van der Waals surface area contributed by atoms with Gasteiger partial charge in [0.2, 0.25) is 0 Å². The number of para-hydroxylation sites is 1. The lowest BCUT2D eigenvalue weighted by molar-refractivity contribution is 0.669. The number of nitrogens with zero attached hydrogens (tertiary/aromatic N) is 2. The van der Waals surface area contributed by atoms with Crippen LogP contribution in [0.1, 0.15) is 0 Å². The van der Waals surface area contributed by atoms with Crippen molar-refractivity contribution in [1.29, 1.82) is 0 Å². The van der Waals surface area contributed by atoms with Crippen LogP contribution in [0.25, 0.3) is 66.8 Å². The Morgan fingerprint density at radius 1 is 0.447 bits per heavy atom. The van der Waals surface area contributed by atoms with E-state index in [2.05, 4.69) is 108 Å². The van der Waals surface area contributed by atoms with Gasteiger partial charge in [-0.15, -0.1) is 0 Å². The number of hydrogen-bond acceptors (Lipinski definition) is 3. The standard InChI is InChI=1S/C34H21IN2O/c35-33-21-30(36-34(37-33)24-15-16-32-29(20-24)28-13-7-8-14-31(28)38-32)27-18-25(22-9-3-1-4-10-22)17-26(19-27)23-11-5-2-6-12-23/h1-21H. The lowest BCUT2D eigenvalue weighted by atomic mass is 9.95. The Morgan fingerprint density at radius 2 is 1.05 bits per heavy atom. The van der Waals surface area contributed by atoms with Crippen LogP contribution in [-0.2, 0) is 0 Å². The Kier molecular flexibility index (Phi) is 5.74. The molecular weight excluding hydrogens is 579 g/mol. The minimum Gasteiger partial charge on any atom is -0.456 e. The van der Waals surface area contributed by atoms with Gasteiger partial charge in [-0.3, -0.25) is 0 Å². The summed E-state index contributed by atoms with van der Waals surface area (Å²) in [4.78, 5) is 9.88. The molecule has 2 aromatic heterocycles. The van der Waals surface area contributed by atoms with Gasteiger partial charge in [-0.25, -0.2) is 9.97 Å². The summed E-state index contributed by atoms with van der Waals surface area (Å²) < 4.78 is 6.92. The van der Waals surface area contributed by atoms with Gasteiger partial charge in [0.25, 0.3) is 0 Å². The Hall–Kier alpha value is -4.29. The molecule has 7 rings (SSSR count). The summed E-state index contributed by atoms with van der Waals surface area (Å²) in [5, 5.41) is 2.16. The van der Waals surface area contributed by atoms with Gasteiger partial charge in [0.1, 0.15) is 14.9 Å². The van der Waals surface area contributed by atoms with Gasteiger partial charge in [-0.2, -0.15) is 0 Å². The first-order valence-electron chi connectivity index (χ1n) is 12.4. The molecule has 0 radical (unpaired) electrons. The van der Waals surface area contributed by atoms with E-state index in [0.29, 0.717) is 5.82 Å². The fourth-order valence-electron chi connectivity index (χ4n) is 4.93. The summed E-state index contributed by atoms with van der Waals surface area (Å²) in [6, 6.07) is 44.0. The minimum absolute atomic E-state index is 0.699. The number of rotatable bonds is 4. The zero-order chi connectivity index (χ0) is 25.5. The number of furan rings is 1. The van der Waals surface area contributed by atoms with E-state index in [1.54, 1.807) is 0 Å². The largest absolute Gasteiger partial charge is 0.456 e. The van der Waals surface area contributed by atoms with Gasteiger partial charge < -0.3 is 4.42 Å². The highest BCUT2D eigenvalue weighted by atomic mass is 127. The maximum Gasteiger partial charge on any atom is 0.160 e. The van der Waals surface area contributed by atoms with Crippen LogP contribution in [0.4, 0.5) is 0 Å². The third-order valence-electron chi connectivity index (χ3n) is 6.77. The molecule has 0 spiro atoms. The van der Waals surface area contributed by atoms with Crippen molar-refractivity contribution in [1.82, 2.24) is 9.97 Å². The maximum absolute atomic E-state index is 6.03. The number of aromatic nitrogens is 2. The Bertz CT molecular complexity index is 1870. The molecule has 0 fully saturated rings. The number of hydrogen-bond donors (Lipinski definition) is 0. The summed E-state index contributed by atoms with van der Waals surface area (Å²) in [7, 11) is 0. The molecule has 0 amide bonds. The Morgan fingerprint density at radius 3 is 1.76 bits per heavy atom. The monoisotopic (exact) mass is 600 g/mol. The summed E-state index contributed by atoms with van der Waals surface area (Å²) >= 11 is 2.29. The van der Waals surface area contributed by atoms with Crippen LogP contribution in [0.5, 0.6) is 0 Å². The summed E-state index contributed by atoms with van der Waals surface area (Å²) in [6.45, 7) is 0. The highest BCUT2D eigenvalue weighted by Crippen LogP contribution is 2.35. The van der Waals surface area contributed by atoms with Crippen molar-refractivity contribution in [3.8, 4) is 44.9 Å². The van der Waals surface area contributed by atoms with Gasteiger partial charge in [-0.05, 0) is 93.4 Å². The molecule has 0 aliphatic carbocycles. The quantitative estimate of drug-likeness (QED) is 0.149. The van der Waals surface area contributed by atoms with E-state index >= 15 is 0 Å². The van der Waals surface area contributed by atoms with E-state index < -0.39 is 0 Å². The molecule has 0 aliphatic heterocycles. The first-order chi connectivity index (χ1) is 18.7. The van der Waals surface area contributed by atoms with E-state index in [4.69, 9.17) is 14.4 Å². The van der Waals surface area contributed by atoms with Crippen molar-refractivity contribution in [2.45, 2.75) is 0 Å². The van der Waals surface area contributed by atoms with Gasteiger partial charge in [0.15, 0.2) is 5.82 Å². The van der Waals surface area contributed by atoms with Crippen molar-refractivity contribution < 1.29 is 4.42 Å². The van der Waals surface area contributed by atoms with Gasteiger partial charge >= 0.3 is 0 Å². The average Bonchev–Trinajstić information content (AvgIpc) is 3.35. The number of halogens is 1. The summed E-state index contributed by atoms with van der Waals surface area (Å²) in [5.74, 6) is 0.699. The minimum atomic E-state index is 0.699. The highest BCUT2D eigenvalue weighted by Gasteiger charge is 2.14. The lowest BCUT2D eigenvalue weighted by Gasteiger charge is -2.12. The van der Waals surface area contributed by atoms with Crippen molar-refractivity contribution in [2.24, 2.45) is 0 Å². The van der Waals surface area contributed by atoms with Crippen LogP contribution in [-0.4, -0.2) is 9.97 Å². The van der Waals surface area contributed by atoms with E-state index in [1.165, 1.54) is 11.1 Å². The molecule has 180 valence electrons. The van der Waals surface area contributed by atoms with Crippen LogP contribution >= 0.6 is 22.6 Å². The fourth-order valence-corrected chi connectivity index (χ4v) is 5.45. The van der Waals surface area contributed by atoms with E-state index in [9.17, 15) is 0 Å². The van der Waals surface area contributed by atoms with Gasteiger partial charge in [0.05, 0.1) is 5.69 Å². The Balaban J connectivity index is 1.39. The number of benzene rings is 5. The molecule has 5 aromatic carbocycles. The molecule has 0 bridgehead atoms. The summed E-state index contributed by atoms with van der Waals surface area (Å²) in [5.41, 5.74) is 9.32. The third kappa shape index (κ3) is 4.27. The second-order valence-electron chi connectivity index (χ2n) is 9.24. The molecule has 7 aromatic rings. The maximum atomic E-state index is 6.03. The van der Waals surface area contributed by atoms with Crippen molar-refractivity contribution in [3.63, 3.8) is 0 Å². The van der Waals surface area contributed by atoms with Crippen LogP contribution in [0.15, 0.2) is 132 Å². The van der Waals surface area contributed by atoms with Crippen LogP contribution in [0.3, 0.4) is 0 Å². The van der Waals surface area contributed by atoms with Crippen LogP contribution in [0, 0.1) is 3.70 Å². The van der Waals surface area contributed by atoms with E-state index in [0.717, 1.165) is 53.6 Å². The van der Waals surface area contributed by atoms with Gasteiger partial charge in [0, 0.05) is 21.9 Å². The third-order valence-corrected chi connectivity index (χ3v) is 7.33. The molecule has 3 nitrogen and oxygen atoms in total. The molecule has 0 atom stereocenters.